The minimum Gasteiger partial charge on any atom is -0.341 e. The Kier molecular flexibility index (Phi) is 5.03. The lowest BCUT2D eigenvalue weighted by Crippen LogP contribution is -2.32. The minimum atomic E-state index is 0.129. The summed E-state index contributed by atoms with van der Waals surface area (Å²) in [5.74, 6) is 0.790. The van der Waals surface area contributed by atoms with Gasteiger partial charge in [0.1, 0.15) is 0 Å². The van der Waals surface area contributed by atoms with Crippen molar-refractivity contribution >= 4 is 5.91 Å². The zero-order chi connectivity index (χ0) is 17.1. The molecule has 0 saturated heterocycles. The van der Waals surface area contributed by atoms with Crippen LogP contribution in [0.5, 0.6) is 0 Å². The van der Waals surface area contributed by atoms with Gasteiger partial charge in [0.15, 0.2) is 0 Å². The Morgan fingerprint density at radius 2 is 2.04 bits per heavy atom. The number of hydrogen-bond acceptors (Lipinski definition) is 2. The largest absolute Gasteiger partial charge is 0.341 e. The van der Waals surface area contributed by atoms with E-state index in [1.54, 1.807) is 6.20 Å². The number of nitrogens with zero attached hydrogens (tertiary/aromatic N) is 3. The molecule has 0 N–H and O–H groups in total. The van der Waals surface area contributed by atoms with E-state index < -0.39 is 0 Å². The van der Waals surface area contributed by atoms with Crippen molar-refractivity contribution < 1.29 is 4.79 Å². The van der Waals surface area contributed by atoms with Crippen LogP contribution in [0, 0.1) is 19.8 Å². The molecule has 0 bridgehead atoms. The van der Waals surface area contributed by atoms with Crippen LogP contribution in [0.2, 0.25) is 0 Å². The summed E-state index contributed by atoms with van der Waals surface area (Å²) in [6.45, 7) is 4.93. The Labute approximate surface area is 144 Å². The van der Waals surface area contributed by atoms with Crippen molar-refractivity contribution in [3.05, 3.63) is 47.5 Å². The van der Waals surface area contributed by atoms with Gasteiger partial charge in [0, 0.05) is 31.2 Å². The Balaban J connectivity index is 1.80. The number of aromatic nitrogens is 2. The first kappa shape index (κ1) is 16.7. The third kappa shape index (κ3) is 3.37. The number of hydrogen-bond donors (Lipinski definition) is 0. The van der Waals surface area contributed by atoms with Crippen LogP contribution < -0.4 is 0 Å². The predicted molar refractivity (Wildman–Crippen MR) is 96.6 cm³/mol. The van der Waals surface area contributed by atoms with Crippen molar-refractivity contribution in [2.75, 3.05) is 13.6 Å². The molecule has 1 saturated carbocycles. The lowest BCUT2D eigenvalue weighted by Gasteiger charge is -2.27. The maximum atomic E-state index is 12.9. The molecule has 128 valence electrons. The topological polar surface area (TPSA) is 38.1 Å². The van der Waals surface area contributed by atoms with Crippen molar-refractivity contribution in [2.24, 2.45) is 5.92 Å². The fourth-order valence-corrected chi connectivity index (χ4v) is 3.91. The molecule has 2 heterocycles. The van der Waals surface area contributed by atoms with Gasteiger partial charge in [0.25, 0.3) is 5.91 Å². The molecule has 24 heavy (non-hydrogen) atoms. The first-order valence-corrected chi connectivity index (χ1v) is 8.92. The van der Waals surface area contributed by atoms with E-state index in [9.17, 15) is 4.79 Å². The lowest BCUT2D eigenvalue weighted by molar-refractivity contribution is 0.0760. The van der Waals surface area contributed by atoms with Crippen molar-refractivity contribution in [1.29, 1.82) is 0 Å². The summed E-state index contributed by atoms with van der Waals surface area (Å²) in [6, 6.07) is 5.94. The molecule has 1 aliphatic rings. The van der Waals surface area contributed by atoms with Gasteiger partial charge in [-0.25, -0.2) is 0 Å². The van der Waals surface area contributed by atoms with Crippen molar-refractivity contribution in [3.8, 4) is 5.69 Å². The SMILES string of the molecule is Cc1cc(C(=O)N(C)CC2CCCCC2)c(C)n1-c1cccnc1. The number of pyridine rings is 1. The molecule has 1 amide bonds. The van der Waals surface area contributed by atoms with Crippen molar-refractivity contribution in [1.82, 2.24) is 14.5 Å². The van der Waals surface area contributed by atoms with Crippen LogP contribution >= 0.6 is 0 Å². The van der Waals surface area contributed by atoms with Crippen LogP contribution in [0.4, 0.5) is 0 Å². The van der Waals surface area contributed by atoms with Crippen molar-refractivity contribution in [3.63, 3.8) is 0 Å². The first-order chi connectivity index (χ1) is 11.6. The molecule has 2 aromatic heterocycles. The number of rotatable bonds is 4. The van der Waals surface area contributed by atoms with Gasteiger partial charge in [-0.1, -0.05) is 19.3 Å². The van der Waals surface area contributed by atoms with Gasteiger partial charge in [-0.05, 0) is 50.8 Å². The standard InChI is InChI=1S/C20H27N3O/c1-15-12-19(16(2)23(15)18-10-7-11-21-13-18)20(24)22(3)14-17-8-5-4-6-9-17/h7,10-13,17H,4-6,8-9,14H2,1-3H3. The smallest absolute Gasteiger partial charge is 0.255 e. The van der Waals surface area contributed by atoms with Crippen LogP contribution in [-0.2, 0) is 0 Å². The van der Waals surface area contributed by atoms with Gasteiger partial charge < -0.3 is 9.47 Å². The van der Waals surface area contributed by atoms with E-state index in [-0.39, 0.29) is 5.91 Å². The number of aryl methyl sites for hydroxylation is 1. The molecule has 4 nitrogen and oxygen atoms in total. The van der Waals surface area contributed by atoms with E-state index in [1.165, 1.54) is 32.1 Å². The summed E-state index contributed by atoms with van der Waals surface area (Å²) < 4.78 is 2.11. The average Bonchev–Trinajstić information content (AvgIpc) is 2.90. The Hall–Kier alpha value is -2.10. The van der Waals surface area contributed by atoms with Crippen LogP contribution in [-0.4, -0.2) is 34.0 Å². The van der Waals surface area contributed by atoms with E-state index >= 15 is 0 Å². The molecule has 0 atom stereocenters. The summed E-state index contributed by atoms with van der Waals surface area (Å²) >= 11 is 0. The predicted octanol–water partition coefficient (Wildman–Crippen LogP) is 4.14. The van der Waals surface area contributed by atoms with E-state index in [0.717, 1.165) is 29.2 Å². The Bertz CT molecular complexity index is 699. The molecule has 1 aliphatic carbocycles. The van der Waals surface area contributed by atoms with Crippen molar-refractivity contribution in [2.45, 2.75) is 46.0 Å². The zero-order valence-electron chi connectivity index (χ0n) is 15.0. The maximum Gasteiger partial charge on any atom is 0.255 e. The van der Waals surface area contributed by atoms with Gasteiger partial charge in [-0.2, -0.15) is 0 Å². The number of amides is 1. The summed E-state index contributed by atoms with van der Waals surface area (Å²) in [7, 11) is 1.94. The molecule has 0 spiro atoms. The van der Waals surface area contributed by atoms with Crippen LogP contribution in [0.1, 0.15) is 53.8 Å². The van der Waals surface area contributed by atoms with E-state index in [4.69, 9.17) is 0 Å². The molecular weight excluding hydrogens is 298 g/mol. The molecule has 0 aromatic carbocycles. The quantitative estimate of drug-likeness (QED) is 0.847. The fourth-order valence-electron chi connectivity index (χ4n) is 3.91. The van der Waals surface area contributed by atoms with Gasteiger partial charge in [-0.15, -0.1) is 0 Å². The second kappa shape index (κ2) is 7.20. The van der Waals surface area contributed by atoms with E-state index in [0.29, 0.717) is 5.92 Å². The Morgan fingerprint density at radius 1 is 1.29 bits per heavy atom. The minimum absolute atomic E-state index is 0.129. The molecular formula is C20H27N3O. The van der Waals surface area contributed by atoms with Gasteiger partial charge in [0.2, 0.25) is 0 Å². The molecule has 3 rings (SSSR count). The van der Waals surface area contributed by atoms with E-state index in [2.05, 4.69) is 9.55 Å². The molecule has 1 fully saturated rings. The third-order valence-electron chi connectivity index (χ3n) is 5.17. The fraction of sp³-hybridized carbons (Fsp3) is 0.500. The summed E-state index contributed by atoms with van der Waals surface area (Å²) in [5, 5.41) is 0. The monoisotopic (exact) mass is 325 g/mol. The maximum absolute atomic E-state index is 12.9. The first-order valence-electron chi connectivity index (χ1n) is 8.92. The summed E-state index contributed by atoms with van der Waals surface area (Å²) in [6.07, 6.45) is 10.1. The number of carbonyl (C=O) groups is 1. The number of carbonyl (C=O) groups excluding carboxylic acids is 1. The molecule has 0 unspecified atom stereocenters. The highest BCUT2D eigenvalue weighted by molar-refractivity contribution is 5.95. The molecule has 0 radical (unpaired) electrons. The summed E-state index contributed by atoms with van der Waals surface area (Å²) in [4.78, 5) is 19.0. The third-order valence-corrected chi connectivity index (χ3v) is 5.17. The summed E-state index contributed by atoms with van der Waals surface area (Å²) in [5.41, 5.74) is 3.85. The second-order valence-electron chi connectivity index (χ2n) is 7.02. The second-order valence-corrected chi connectivity index (χ2v) is 7.02. The molecule has 4 heteroatoms. The highest BCUT2D eigenvalue weighted by Gasteiger charge is 2.22. The molecule has 0 aliphatic heterocycles. The highest BCUT2D eigenvalue weighted by atomic mass is 16.2. The normalized spacial score (nSPS) is 15.5. The lowest BCUT2D eigenvalue weighted by atomic mass is 9.89. The van der Waals surface area contributed by atoms with Gasteiger partial charge in [0.05, 0.1) is 17.4 Å². The van der Waals surface area contributed by atoms with Crippen LogP contribution in [0.3, 0.4) is 0 Å². The average molecular weight is 325 g/mol. The van der Waals surface area contributed by atoms with Gasteiger partial charge in [-0.3, -0.25) is 9.78 Å². The Morgan fingerprint density at radius 3 is 2.71 bits per heavy atom. The van der Waals surface area contributed by atoms with Crippen LogP contribution in [0.15, 0.2) is 30.6 Å². The van der Waals surface area contributed by atoms with Crippen LogP contribution in [0.25, 0.3) is 5.69 Å². The zero-order valence-corrected chi connectivity index (χ0v) is 15.0. The van der Waals surface area contributed by atoms with Gasteiger partial charge >= 0.3 is 0 Å². The highest BCUT2D eigenvalue weighted by Crippen LogP contribution is 2.26. The molecule has 2 aromatic rings. The van der Waals surface area contributed by atoms with E-state index in [1.807, 2.05) is 50.2 Å².